The summed E-state index contributed by atoms with van der Waals surface area (Å²) in [6.07, 6.45) is 2.07. The van der Waals surface area contributed by atoms with Gasteiger partial charge in [0.05, 0.1) is 11.4 Å². The molecule has 3 heterocycles. The monoisotopic (exact) mass is 382 g/mol. The van der Waals surface area contributed by atoms with E-state index in [2.05, 4.69) is 43.9 Å². The average Bonchev–Trinajstić information content (AvgIpc) is 3.41. The van der Waals surface area contributed by atoms with Gasteiger partial charge in [-0.25, -0.2) is 4.68 Å². The molecule has 3 aromatic heterocycles. The van der Waals surface area contributed by atoms with E-state index in [9.17, 15) is 0 Å². The molecule has 5 rings (SSSR count). The van der Waals surface area contributed by atoms with Crippen molar-refractivity contribution >= 4 is 11.5 Å². The van der Waals surface area contributed by atoms with E-state index in [0.29, 0.717) is 12.2 Å². The third kappa shape index (κ3) is 3.31. The fraction of sp³-hybridized carbons (Fsp3) is 0.0952. The Kier molecular flexibility index (Phi) is 4.21. The summed E-state index contributed by atoms with van der Waals surface area (Å²) in [7, 11) is 1.99. The van der Waals surface area contributed by atoms with Crippen LogP contribution in [0.25, 0.3) is 22.6 Å². The number of hydrogen-bond donors (Lipinski definition) is 0. The predicted molar refractivity (Wildman–Crippen MR) is 110 cm³/mol. The fourth-order valence-corrected chi connectivity index (χ4v) is 3.26. The Balaban J connectivity index is 1.53. The Morgan fingerprint density at radius 2 is 1.62 bits per heavy atom. The van der Waals surface area contributed by atoms with E-state index in [4.69, 9.17) is 5.10 Å². The van der Waals surface area contributed by atoms with Gasteiger partial charge >= 0.3 is 0 Å². The number of benzene rings is 2. The number of rotatable bonds is 5. The fourth-order valence-electron chi connectivity index (χ4n) is 3.26. The first-order valence-corrected chi connectivity index (χ1v) is 9.24. The number of aromatic nitrogens is 7. The maximum Gasteiger partial charge on any atom is 0.200 e. The van der Waals surface area contributed by atoms with Crippen LogP contribution in [-0.2, 0) is 6.54 Å². The number of hydrogen-bond acceptors (Lipinski definition) is 6. The van der Waals surface area contributed by atoms with E-state index in [-0.39, 0.29) is 0 Å². The first-order chi connectivity index (χ1) is 14.3. The second kappa shape index (κ2) is 7.16. The molecular weight excluding hydrogens is 364 g/mol. The van der Waals surface area contributed by atoms with Crippen molar-refractivity contribution in [2.75, 3.05) is 11.9 Å². The van der Waals surface area contributed by atoms with Gasteiger partial charge in [0.1, 0.15) is 0 Å². The van der Waals surface area contributed by atoms with Crippen molar-refractivity contribution in [3.05, 3.63) is 84.6 Å². The lowest BCUT2D eigenvalue weighted by Crippen LogP contribution is -2.19. The van der Waals surface area contributed by atoms with Crippen LogP contribution in [0.4, 0.5) is 5.82 Å². The molecule has 8 nitrogen and oxygen atoms in total. The normalized spacial score (nSPS) is 11.1. The Morgan fingerprint density at radius 3 is 2.41 bits per heavy atom. The van der Waals surface area contributed by atoms with Crippen LogP contribution < -0.4 is 4.90 Å². The Bertz CT molecular complexity index is 1240. The highest BCUT2D eigenvalue weighted by Crippen LogP contribution is 2.25. The molecule has 8 heteroatoms. The van der Waals surface area contributed by atoms with Crippen LogP contribution in [0.1, 0.15) is 5.56 Å². The second-order valence-electron chi connectivity index (χ2n) is 6.72. The van der Waals surface area contributed by atoms with Crippen LogP contribution in [-0.4, -0.2) is 42.1 Å². The van der Waals surface area contributed by atoms with E-state index < -0.39 is 0 Å². The molecule has 142 valence electrons. The topological polar surface area (TPSA) is 77.0 Å². The molecule has 0 radical (unpaired) electrons. The van der Waals surface area contributed by atoms with Gasteiger partial charge in [-0.1, -0.05) is 48.5 Å². The van der Waals surface area contributed by atoms with E-state index in [0.717, 1.165) is 28.3 Å². The molecule has 0 aliphatic carbocycles. The number of anilines is 1. The molecule has 0 N–H and O–H groups in total. The summed E-state index contributed by atoms with van der Waals surface area (Å²) in [5.74, 6) is 0.774. The van der Waals surface area contributed by atoms with Gasteiger partial charge in [-0.3, -0.25) is 0 Å². The molecule has 0 atom stereocenters. The molecule has 0 aliphatic heterocycles. The van der Waals surface area contributed by atoms with Crippen LogP contribution in [0.5, 0.6) is 0 Å². The zero-order chi connectivity index (χ0) is 19.6. The minimum Gasteiger partial charge on any atom is -0.354 e. The van der Waals surface area contributed by atoms with Gasteiger partial charge in [0.25, 0.3) is 0 Å². The molecule has 0 bridgehead atoms. The molecule has 0 fully saturated rings. The Hall–Kier alpha value is -4.07. The van der Waals surface area contributed by atoms with Crippen molar-refractivity contribution < 1.29 is 0 Å². The van der Waals surface area contributed by atoms with Crippen LogP contribution in [0.2, 0.25) is 0 Å². The van der Waals surface area contributed by atoms with Gasteiger partial charge in [0.15, 0.2) is 11.5 Å². The van der Waals surface area contributed by atoms with Crippen molar-refractivity contribution in [1.29, 1.82) is 0 Å². The quantitative estimate of drug-likeness (QED) is 0.465. The summed E-state index contributed by atoms with van der Waals surface area (Å²) in [5.41, 5.74) is 4.76. The SMILES string of the molecule is CN(Cc1cn(-c2ccccc2)nc1-c1ccccc1)c1ccc2nnnn2n1. The zero-order valence-corrected chi connectivity index (χ0v) is 15.8. The minimum atomic E-state index is 0.615. The summed E-state index contributed by atoms with van der Waals surface area (Å²) in [6, 6.07) is 24.1. The van der Waals surface area contributed by atoms with E-state index in [1.54, 1.807) is 0 Å². The summed E-state index contributed by atoms with van der Waals surface area (Å²) >= 11 is 0. The van der Waals surface area contributed by atoms with Gasteiger partial charge in [0, 0.05) is 30.9 Å². The summed E-state index contributed by atoms with van der Waals surface area (Å²) in [6.45, 7) is 0.637. The highest BCUT2D eigenvalue weighted by atomic mass is 15.6. The lowest BCUT2D eigenvalue weighted by Gasteiger charge is -2.17. The van der Waals surface area contributed by atoms with Crippen molar-refractivity contribution in [2.45, 2.75) is 6.54 Å². The van der Waals surface area contributed by atoms with Crippen LogP contribution in [0.3, 0.4) is 0 Å². The van der Waals surface area contributed by atoms with E-state index in [1.807, 2.05) is 72.4 Å². The third-order valence-corrected chi connectivity index (χ3v) is 4.71. The molecule has 0 saturated heterocycles. The number of nitrogens with zero attached hydrogens (tertiary/aromatic N) is 8. The molecular formula is C21H18N8. The second-order valence-corrected chi connectivity index (χ2v) is 6.72. The summed E-state index contributed by atoms with van der Waals surface area (Å²) in [5, 5.41) is 20.8. The van der Waals surface area contributed by atoms with Crippen LogP contribution in [0.15, 0.2) is 79.0 Å². The minimum absolute atomic E-state index is 0.615. The van der Waals surface area contributed by atoms with Crippen molar-refractivity contribution in [3.63, 3.8) is 0 Å². The smallest absolute Gasteiger partial charge is 0.200 e. The molecule has 0 amide bonds. The number of tetrazole rings is 1. The zero-order valence-electron chi connectivity index (χ0n) is 15.8. The first kappa shape index (κ1) is 17.1. The summed E-state index contributed by atoms with van der Waals surface area (Å²) in [4.78, 5) is 2.06. The van der Waals surface area contributed by atoms with Crippen molar-refractivity contribution in [1.82, 2.24) is 35.0 Å². The molecule has 0 spiro atoms. The Morgan fingerprint density at radius 1 is 0.862 bits per heavy atom. The van der Waals surface area contributed by atoms with E-state index >= 15 is 0 Å². The lowest BCUT2D eigenvalue weighted by atomic mass is 10.1. The van der Waals surface area contributed by atoms with Gasteiger partial charge in [0.2, 0.25) is 0 Å². The maximum absolute atomic E-state index is 4.87. The summed E-state index contributed by atoms with van der Waals surface area (Å²) < 4.78 is 3.35. The number of fused-ring (bicyclic) bond motifs is 1. The standard InChI is InChI=1S/C21H18N8/c1-27(20-13-12-19-22-25-26-29(19)23-20)14-17-15-28(18-10-6-3-7-11-18)24-21(17)16-8-4-2-5-9-16/h2-13,15H,14H2,1H3. The maximum atomic E-state index is 4.87. The van der Waals surface area contributed by atoms with Crippen LogP contribution in [0, 0.1) is 0 Å². The van der Waals surface area contributed by atoms with Crippen molar-refractivity contribution in [2.24, 2.45) is 0 Å². The lowest BCUT2D eigenvalue weighted by molar-refractivity contribution is 0.720. The Labute approximate surface area is 167 Å². The number of para-hydroxylation sites is 1. The molecule has 5 aromatic rings. The van der Waals surface area contributed by atoms with Gasteiger partial charge < -0.3 is 4.90 Å². The van der Waals surface area contributed by atoms with Crippen molar-refractivity contribution in [3.8, 4) is 16.9 Å². The molecule has 0 aliphatic rings. The molecule has 0 unspecified atom stereocenters. The average molecular weight is 382 g/mol. The van der Waals surface area contributed by atoms with Gasteiger partial charge in [-0.2, -0.15) is 5.10 Å². The first-order valence-electron chi connectivity index (χ1n) is 9.24. The van der Waals surface area contributed by atoms with Gasteiger partial charge in [-0.05, 0) is 34.7 Å². The molecule has 29 heavy (non-hydrogen) atoms. The molecule has 2 aromatic carbocycles. The van der Waals surface area contributed by atoms with Gasteiger partial charge in [-0.15, -0.1) is 14.8 Å². The molecule has 0 saturated carbocycles. The third-order valence-electron chi connectivity index (χ3n) is 4.71. The van der Waals surface area contributed by atoms with Crippen LogP contribution >= 0.6 is 0 Å². The predicted octanol–water partition coefficient (Wildman–Crippen LogP) is 3.01. The van der Waals surface area contributed by atoms with E-state index in [1.165, 1.54) is 4.63 Å². The largest absolute Gasteiger partial charge is 0.354 e. The highest BCUT2D eigenvalue weighted by Gasteiger charge is 2.15. The highest BCUT2D eigenvalue weighted by molar-refractivity contribution is 5.64.